The van der Waals surface area contributed by atoms with E-state index in [0.29, 0.717) is 5.69 Å². The fourth-order valence-electron chi connectivity index (χ4n) is 1.51. The van der Waals surface area contributed by atoms with Crippen molar-refractivity contribution < 1.29 is 4.79 Å². The van der Waals surface area contributed by atoms with E-state index >= 15 is 0 Å². The zero-order chi connectivity index (χ0) is 11.7. The molecule has 0 aliphatic rings. The molecule has 0 spiro atoms. The van der Waals surface area contributed by atoms with Gasteiger partial charge in [0.2, 0.25) is 0 Å². The van der Waals surface area contributed by atoms with Gasteiger partial charge in [-0.2, -0.15) is 0 Å². The molecule has 2 rings (SSSR count). The molecule has 1 heterocycles. The molecule has 82 valence electrons. The first-order valence-corrected chi connectivity index (χ1v) is 5.09. The van der Waals surface area contributed by atoms with Crippen LogP contribution in [-0.2, 0) is 0 Å². The van der Waals surface area contributed by atoms with Crippen molar-refractivity contribution in [3.05, 3.63) is 41.2 Å². The van der Waals surface area contributed by atoms with Crippen LogP contribution in [0.3, 0.4) is 0 Å². The molecule has 0 fully saturated rings. The molecular formula is C12H13N3O. The van der Waals surface area contributed by atoms with Crippen LogP contribution < -0.4 is 0 Å². The molecule has 16 heavy (non-hydrogen) atoms. The third kappa shape index (κ3) is 1.86. The van der Waals surface area contributed by atoms with Gasteiger partial charge in [0.25, 0.3) is 0 Å². The highest BCUT2D eigenvalue weighted by molar-refractivity contribution is 5.91. The van der Waals surface area contributed by atoms with Gasteiger partial charge in [-0.1, -0.05) is 17.3 Å². The van der Waals surface area contributed by atoms with Crippen LogP contribution in [0.5, 0.6) is 0 Å². The number of carbonyl (C=O) groups excluding carboxylic acids is 1. The van der Waals surface area contributed by atoms with Crippen LogP contribution in [0.25, 0.3) is 5.69 Å². The first kappa shape index (κ1) is 10.5. The van der Waals surface area contributed by atoms with E-state index in [9.17, 15) is 4.79 Å². The summed E-state index contributed by atoms with van der Waals surface area (Å²) in [5.74, 6) is -0.0726. The Morgan fingerprint density at radius 3 is 2.69 bits per heavy atom. The second-order valence-corrected chi connectivity index (χ2v) is 3.89. The standard InChI is InChI=1S/C12H13N3O/c1-8-4-5-9(2)12(6-8)15-7-11(10(3)16)13-14-15/h4-7H,1-3H3. The summed E-state index contributed by atoms with van der Waals surface area (Å²) in [6.07, 6.45) is 1.66. The number of ketones is 1. The Bertz CT molecular complexity index is 543. The predicted octanol–water partition coefficient (Wildman–Crippen LogP) is 2.09. The highest BCUT2D eigenvalue weighted by Crippen LogP contribution is 2.14. The van der Waals surface area contributed by atoms with Gasteiger partial charge in [0.1, 0.15) is 5.69 Å². The second-order valence-electron chi connectivity index (χ2n) is 3.89. The highest BCUT2D eigenvalue weighted by Gasteiger charge is 2.08. The summed E-state index contributed by atoms with van der Waals surface area (Å²) in [5.41, 5.74) is 3.60. The van der Waals surface area contributed by atoms with E-state index in [1.54, 1.807) is 10.9 Å². The molecule has 0 N–H and O–H groups in total. The number of aromatic nitrogens is 3. The summed E-state index contributed by atoms with van der Waals surface area (Å²) in [6, 6.07) is 6.09. The first-order valence-electron chi connectivity index (χ1n) is 5.09. The van der Waals surface area contributed by atoms with Crippen molar-refractivity contribution in [3.8, 4) is 5.69 Å². The molecule has 0 bridgehead atoms. The highest BCUT2D eigenvalue weighted by atomic mass is 16.1. The number of Topliss-reactive ketones (excluding diaryl/α,β-unsaturated/α-hetero) is 1. The smallest absolute Gasteiger partial charge is 0.181 e. The minimum Gasteiger partial charge on any atom is -0.293 e. The number of hydrogen-bond donors (Lipinski definition) is 0. The van der Waals surface area contributed by atoms with Gasteiger partial charge in [-0.25, -0.2) is 4.68 Å². The maximum Gasteiger partial charge on any atom is 0.181 e. The summed E-state index contributed by atoms with van der Waals surface area (Å²) in [7, 11) is 0. The Balaban J connectivity index is 2.50. The second kappa shape index (κ2) is 3.89. The van der Waals surface area contributed by atoms with E-state index in [1.165, 1.54) is 6.92 Å². The topological polar surface area (TPSA) is 47.8 Å². The predicted molar refractivity (Wildman–Crippen MR) is 60.8 cm³/mol. The van der Waals surface area contributed by atoms with Crippen LogP contribution in [0.4, 0.5) is 0 Å². The summed E-state index contributed by atoms with van der Waals surface area (Å²) in [6.45, 7) is 5.51. The average molecular weight is 215 g/mol. The Labute approximate surface area is 93.9 Å². The largest absolute Gasteiger partial charge is 0.293 e. The molecule has 0 aliphatic heterocycles. The maximum absolute atomic E-state index is 11.1. The van der Waals surface area contributed by atoms with Gasteiger partial charge < -0.3 is 0 Å². The van der Waals surface area contributed by atoms with Crippen LogP contribution in [0.1, 0.15) is 28.5 Å². The van der Waals surface area contributed by atoms with Gasteiger partial charge in [-0.05, 0) is 31.0 Å². The lowest BCUT2D eigenvalue weighted by molar-refractivity contribution is 0.101. The minimum atomic E-state index is -0.0726. The van der Waals surface area contributed by atoms with Gasteiger partial charge in [-0.3, -0.25) is 4.79 Å². The zero-order valence-electron chi connectivity index (χ0n) is 9.56. The lowest BCUT2D eigenvalue weighted by Gasteiger charge is -2.05. The summed E-state index contributed by atoms with van der Waals surface area (Å²) in [5, 5.41) is 7.78. The number of hydrogen-bond acceptors (Lipinski definition) is 3. The van der Waals surface area contributed by atoms with Crippen LogP contribution in [0.2, 0.25) is 0 Å². The normalized spacial score (nSPS) is 10.4. The van der Waals surface area contributed by atoms with E-state index < -0.39 is 0 Å². The van der Waals surface area contributed by atoms with E-state index in [0.717, 1.165) is 16.8 Å². The van der Waals surface area contributed by atoms with Crippen molar-refractivity contribution in [1.82, 2.24) is 15.0 Å². The molecule has 4 nitrogen and oxygen atoms in total. The van der Waals surface area contributed by atoms with Crippen LogP contribution >= 0.6 is 0 Å². The molecule has 0 amide bonds. The third-order valence-electron chi connectivity index (χ3n) is 2.47. The van der Waals surface area contributed by atoms with Gasteiger partial charge in [0.15, 0.2) is 5.78 Å². The Morgan fingerprint density at radius 1 is 1.31 bits per heavy atom. The van der Waals surface area contributed by atoms with Crippen LogP contribution in [0.15, 0.2) is 24.4 Å². The Morgan fingerprint density at radius 2 is 2.06 bits per heavy atom. The fourth-order valence-corrected chi connectivity index (χ4v) is 1.51. The van der Waals surface area contributed by atoms with Gasteiger partial charge in [0, 0.05) is 6.92 Å². The van der Waals surface area contributed by atoms with Crippen molar-refractivity contribution in [2.75, 3.05) is 0 Å². The lowest BCUT2D eigenvalue weighted by atomic mass is 10.1. The SMILES string of the molecule is CC(=O)c1cn(-c2cc(C)ccc2C)nn1. The molecule has 0 saturated heterocycles. The van der Waals surface area contributed by atoms with Crippen LogP contribution in [0, 0.1) is 13.8 Å². The summed E-state index contributed by atoms with van der Waals surface area (Å²) < 4.78 is 1.64. The zero-order valence-corrected chi connectivity index (χ0v) is 9.56. The van der Waals surface area contributed by atoms with E-state index in [-0.39, 0.29) is 5.78 Å². The van der Waals surface area contributed by atoms with Gasteiger partial charge in [-0.15, -0.1) is 5.10 Å². The van der Waals surface area contributed by atoms with Crippen molar-refractivity contribution in [2.45, 2.75) is 20.8 Å². The number of rotatable bonds is 2. The van der Waals surface area contributed by atoms with Crippen molar-refractivity contribution in [2.24, 2.45) is 0 Å². The molecule has 0 radical (unpaired) electrons. The minimum absolute atomic E-state index is 0.0726. The molecule has 1 aromatic heterocycles. The molecule has 1 aromatic carbocycles. The van der Waals surface area contributed by atoms with E-state index in [1.807, 2.05) is 32.0 Å². The molecule has 4 heteroatoms. The van der Waals surface area contributed by atoms with E-state index in [2.05, 4.69) is 10.3 Å². The summed E-state index contributed by atoms with van der Waals surface area (Å²) >= 11 is 0. The third-order valence-corrected chi connectivity index (χ3v) is 2.47. The van der Waals surface area contributed by atoms with Crippen molar-refractivity contribution >= 4 is 5.78 Å². The number of aryl methyl sites for hydroxylation is 2. The molecule has 0 unspecified atom stereocenters. The Kier molecular flexibility index (Phi) is 2.56. The quantitative estimate of drug-likeness (QED) is 0.721. The molecule has 2 aromatic rings. The summed E-state index contributed by atoms with van der Waals surface area (Å²) in [4.78, 5) is 11.1. The Hall–Kier alpha value is -1.97. The van der Waals surface area contributed by atoms with Gasteiger partial charge in [0.05, 0.1) is 11.9 Å². The lowest BCUT2D eigenvalue weighted by Crippen LogP contribution is -1.98. The molecular weight excluding hydrogens is 202 g/mol. The monoisotopic (exact) mass is 215 g/mol. The molecule has 0 atom stereocenters. The molecule has 0 aliphatic carbocycles. The number of nitrogens with zero attached hydrogens (tertiary/aromatic N) is 3. The maximum atomic E-state index is 11.1. The average Bonchev–Trinajstić information content (AvgIpc) is 2.70. The molecule has 0 saturated carbocycles. The van der Waals surface area contributed by atoms with Gasteiger partial charge >= 0.3 is 0 Å². The first-order chi connectivity index (χ1) is 7.58. The number of benzene rings is 1. The van der Waals surface area contributed by atoms with E-state index in [4.69, 9.17) is 0 Å². The fraction of sp³-hybridized carbons (Fsp3) is 0.250. The van der Waals surface area contributed by atoms with Crippen LogP contribution in [-0.4, -0.2) is 20.8 Å². The van der Waals surface area contributed by atoms with Crippen molar-refractivity contribution in [1.29, 1.82) is 0 Å². The van der Waals surface area contributed by atoms with Crippen molar-refractivity contribution in [3.63, 3.8) is 0 Å². The number of carbonyl (C=O) groups is 1.